The van der Waals surface area contributed by atoms with E-state index in [-0.39, 0.29) is 6.10 Å². The van der Waals surface area contributed by atoms with Crippen LogP contribution in [0.1, 0.15) is 51.4 Å². The molecule has 4 rings (SSSR count). The number of nitrogens with zero attached hydrogens (tertiary/aromatic N) is 1. The zero-order valence-corrected chi connectivity index (χ0v) is 27.2. The zero-order chi connectivity index (χ0) is 30.4. The van der Waals surface area contributed by atoms with E-state index in [0.29, 0.717) is 40.3 Å². The lowest BCUT2D eigenvalue weighted by Crippen LogP contribution is -2.35. The Hall–Kier alpha value is -3.15. The molecule has 42 heavy (non-hydrogen) atoms. The third-order valence-electron chi connectivity index (χ3n) is 8.40. The van der Waals surface area contributed by atoms with Gasteiger partial charge in [-0.2, -0.15) is 0 Å². The summed E-state index contributed by atoms with van der Waals surface area (Å²) >= 11 is 0. The minimum Gasteiger partial charge on any atom is -0.493 e. The van der Waals surface area contributed by atoms with Crippen LogP contribution in [0.15, 0.2) is 66.7 Å². The maximum absolute atomic E-state index is 15.9. The maximum atomic E-state index is 15.9. The molecule has 0 spiro atoms. The number of methoxy groups -OCH3 is 3. The Labute approximate surface area is 252 Å². The van der Waals surface area contributed by atoms with E-state index in [4.69, 9.17) is 18.7 Å². The Morgan fingerprint density at radius 1 is 0.881 bits per heavy atom. The van der Waals surface area contributed by atoms with Crippen molar-refractivity contribution >= 4 is 24.0 Å². The van der Waals surface area contributed by atoms with Gasteiger partial charge in [-0.25, -0.2) is 0 Å². The molecule has 3 aromatic rings. The van der Waals surface area contributed by atoms with E-state index in [1.165, 1.54) is 0 Å². The molecule has 0 heterocycles. The van der Waals surface area contributed by atoms with Gasteiger partial charge in [0.15, 0.2) is 11.5 Å². The Morgan fingerprint density at radius 2 is 1.50 bits per heavy atom. The topological polar surface area (TPSA) is 69.3 Å². The first-order valence-electron chi connectivity index (χ1n) is 14.8. The lowest BCUT2D eigenvalue weighted by atomic mass is 9.75. The van der Waals surface area contributed by atoms with E-state index in [9.17, 15) is 0 Å². The van der Waals surface area contributed by atoms with Crippen LogP contribution in [0.5, 0.6) is 17.2 Å². The Kier molecular flexibility index (Phi) is 10.5. The molecule has 0 saturated heterocycles. The number of hydrogen-bond acceptors (Lipinski definition) is 7. The summed E-state index contributed by atoms with van der Waals surface area (Å²) in [5, 5.41) is 4.27. The monoisotopic (exact) mass is 594 g/mol. The second-order valence-corrected chi connectivity index (χ2v) is 14.3. The van der Waals surface area contributed by atoms with Gasteiger partial charge in [-0.1, -0.05) is 45.4 Å². The summed E-state index contributed by atoms with van der Waals surface area (Å²) in [7, 11) is 5.10. The number of anilines is 2. The van der Waals surface area contributed by atoms with Crippen molar-refractivity contribution < 1.29 is 23.3 Å². The SMILES string of the molecule is COc1cc([C@H](Nc2ccccc2)[P@](=O)(O[C@@H]2C[C@@H](C)CC[C@@H]2C(C)C)c2ccc(N(C)C)cc2)cc(OC)c1OC. The molecule has 228 valence electrons. The van der Waals surface area contributed by atoms with Crippen LogP contribution >= 0.6 is 7.37 Å². The fourth-order valence-electron chi connectivity index (χ4n) is 5.98. The number of hydrogen-bond donors (Lipinski definition) is 1. The van der Waals surface area contributed by atoms with Gasteiger partial charge < -0.3 is 29.0 Å². The van der Waals surface area contributed by atoms with Gasteiger partial charge in [0, 0.05) is 30.8 Å². The second kappa shape index (κ2) is 13.9. The number of benzene rings is 3. The van der Waals surface area contributed by atoms with E-state index < -0.39 is 13.2 Å². The average molecular weight is 595 g/mol. The van der Waals surface area contributed by atoms with E-state index >= 15 is 4.57 Å². The lowest BCUT2D eigenvalue weighted by Gasteiger charge is -2.41. The van der Waals surface area contributed by atoms with E-state index in [1.54, 1.807) is 21.3 Å². The second-order valence-electron chi connectivity index (χ2n) is 11.8. The van der Waals surface area contributed by atoms with Gasteiger partial charge in [-0.3, -0.25) is 4.57 Å². The minimum atomic E-state index is -3.66. The van der Waals surface area contributed by atoms with Gasteiger partial charge in [0.25, 0.3) is 7.37 Å². The number of rotatable bonds is 12. The molecule has 1 saturated carbocycles. The molecular weight excluding hydrogens is 547 g/mol. The molecular formula is C34H47N2O5P. The summed E-state index contributed by atoms with van der Waals surface area (Å²) in [6.07, 6.45) is 2.94. The zero-order valence-electron chi connectivity index (χ0n) is 26.3. The normalized spacial score (nSPS) is 20.8. The van der Waals surface area contributed by atoms with Crippen molar-refractivity contribution in [2.75, 3.05) is 45.6 Å². The summed E-state index contributed by atoms with van der Waals surface area (Å²) < 4.78 is 40.0. The third kappa shape index (κ3) is 6.90. The highest BCUT2D eigenvalue weighted by Crippen LogP contribution is 2.62. The lowest BCUT2D eigenvalue weighted by molar-refractivity contribution is 0.0488. The molecule has 1 fully saturated rings. The Bertz CT molecular complexity index is 1320. The van der Waals surface area contributed by atoms with Crippen LogP contribution < -0.4 is 29.7 Å². The van der Waals surface area contributed by atoms with Crippen molar-refractivity contribution in [3.63, 3.8) is 0 Å². The van der Waals surface area contributed by atoms with Crippen molar-refractivity contribution in [3.05, 3.63) is 72.3 Å². The predicted octanol–water partition coefficient (Wildman–Crippen LogP) is 7.97. The van der Waals surface area contributed by atoms with Gasteiger partial charge in [0.2, 0.25) is 5.75 Å². The quantitative estimate of drug-likeness (QED) is 0.213. The number of ether oxygens (including phenoxy) is 3. The largest absolute Gasteiger partial charge is 0.493 e. The highest BCUT2D eigenvalue weighted by Gasteiger charge is 2.44. The molecule has 0 amide bonds. The summed E-state index contributed by atoms with van der Waals surface area (Å²) in [5.74, 6) is 1.95. The minimum absolute atomic E-state index is 0.143. The molecule has 8 heteroatoms. The molecule has 0 radical (unpaired) electrons. The first kappa shape index (κ1) is 31.8. The molecule has 1 aliphatic rings. The van der Waals surface area contributed by atoms with Gasteiger partial charge in [0.05, 0.1) is 27.4 Å². The highest BCUT2D eigenvalue weighted by atomic mass is 31.2. The highest BCUT2D eigenvalue weighted by molar-refractivity contribution is 7.67. The molecule has 3 aromatic carbocycles. The fraction of sp³-hybridized carbons (Fsp3) is 0.471. The van der Waals surface area contributed by atoms with Crippen molar-refractivity contribution in [1.82, 2.24) is 0 Å². The van der Waals surface area contributed by atoms with Crippen LogP contribution in [0.4, 0.5) is 11.4 Å². The summed E-state index contributed by atoms with van der Waals surface area (Å²) in [6, 6.07) is 21.5. The van der Waals surface area contributed by atoms with Gasteiger partial charge in [-0.05, 0) is 84.7 Å². The third-order valence-corrected chi connectivity index (χ3v) is 11.1. The first-order chi connectivity index (χ1) is 20.1. The van der Waals surface area contributed by atoms with E-state index in [0.717, 1.165) is 36.2 Å². The van der Waals surface area contributed by atoms with Crippen molar-refractivity contribution in [3.8, 4) is 17.2 Å². The van der Waals surface area contributed by atoms with Crippen molar-refractivity contribution in [2.24, 2.45) is 17.8 Å². The maximum Gasteiger partial charge on any atom is 0.258 e. The Morgan fingerprint density at radius 3 is 2.02 bits per heavy atom. The first-order valence-corrected chi connectivity index (χ1v) is 16.5. The summed E-state index contributed by atoms with van der Waals surface area (Å²) in [5.41, 5.74) is 2.58. The van der Waals surface area contributed by atoms with Crippen LogP contribution in [0.25, 0.3) is 0 Å². The molecule has 0 bridgehead atoms. The molecule has 7 nitrogen and oxygen atoms in total. The van der Waals surface area contributed by atoms with Crippen LogP contribution in [0, 0.1) is 17.8 Å². The van der Waals surface area contributed by atoms with Gasteiger partial charge in [0.1, 0.15) is 5.78 Å². The molecule has 5 atom stereocenters. The smallest absolute Gasteiger partial charge is 0.258 e. The summed E-state index contributed by atoms with van der Waals surface area (Å²) in [6.45, 7) is 6.75. The Balaban J connectivity index is 1.95. The molecule has 0 aliphatic heterocycles. The predicted molar refractivity (Wildman–Crippen MR) is 173 cm³/mol. The number of para-hydroxylation sites is 1. The van der Waals surface area contributed by atoms with Gasteiger partial charge >= 0.3 is 0 Å². The standard InChI is InChI=1S/C34H47N2O5P/c1-23(2)29-19-14-24(3)20-30(29)41-42(37,28-17-15-27(16-18-28)36(4)5)34(35-26-12-10-9-11-13-26)25-21-31(38-6)33(40-8)32(22-25)39-7/h9-13,15-18,21-24,29-30,34-35H,14,19-20H2,1-8H3/t24-,29+,30+,34+,42+/m0/s1. The van der Waals surface area contributed by atoms with E-state index in [1.807, 2.05) is 85.7 Å². The van der Waals surface area contributed by atoms with Crippen molar-refractivity contribution in [2.45, 2.75) is 51.9 Å². The molecule has 1 N–H and O–H groups in total. The average Bonchev–Trinajstić information content (AvgIpc) is 2.99. The van der Waals surface area contributed by atoms with Crippen LogP contribution in [-0.4, -0.2) is 41.5 Å². The number of nitrogens with one attached hydrogen (secondary N) is 1. The van der Waals surface area contributed by atoms with Crippen molar-refractivity contribution in [1.29, 1.82) is 0 Å². The summed E-state index contributed by atoms with van der Waals surface area (Å²) in [4.78, 5) is 2.03. The van der Waals surface area contributed by atoms with Crippen LogP contribution in [0.2, 0.25) is 0 Å². The molecule has 0 unspecified atom stereocenters. The van der Waals surface area contributed by atoms with Gasteiger partial charge in [-0.15, -0.1) is 0 Å². The van der Waals surface area contributed by atoms with Crippen LogP contribution in [-0.2, 0) is 9.09 Å². The van der Waals surface area contributed by atoms with Crippen LogP contribution in [0.3, 0.4) is 0 Å². The molecule has 0 aromatic heterocycles. The fourth-order valence-corrected chi connectivity index (χ4v) is 8.59. The van der Waals surface area contributed by atoms with E-state index in [2.05, 4.69) is 26.1 Å². The molecule has 1 aliphatic carbocycles.